The first-order valence-corrected chi connectivity index (χ1v) is 6.35. The number of ether oxygens (including phenoxy) is 1. The molecule has 1 aromatic rings. The van der Waals surface area contributed by atoms with E-state index in [4.69, 9.17) is 0 Å². The van der Waals surface area contributed by atoms with Crippen LogP contribution in [0.4, 0.5) is 18.9 Å². The van der Waals surface area contributed by atoms with Gasteiger partial charge in [-0.05, 0) is 32.9 Å². The second kappa shape index (κ2) is 5.14. The number of rotatable bonds is 3. The number of benzene rings is 1. The molecule has 0 radical (unpaired) electrons. The van der Waals surface area contributed by atoms with Crippen LogP contribution >= 0.6 is 0 Å². The summed E-state index contributed by atoms with van der Waals surface area (Å²) in [6.07, 6.45) is -6.09. The summed E-state index contributed by atoms with van der Waals surface area (Å²) in [6, 6.07) is 3.88. The van der Waals surface area contributed by atoms with Crippen LogP contribution in [-0.2, 0) is 9.53 Å². The lowest BCUT2D eigenvalue weighted by atomic mass is 10.1. The number of anilines is 1. The quantitative estimate of drug-likeness (QED) is 0.807. The van der Waals surface area contributed by atoms with Crippen LogP contribution in [0.2, 0.25) is 0 Å². The summed E-state index contributed by atoms with van der Waals surface area (Å²) in [5.41, 5.74) is 1.33. The van der Waals surface area contributed by atoms with Crippen molar-refractivity contribution in [2.24, 2.45) is 0 Å². The minimum absolute atomic E-state index is 0.214. The molecule has 114 valence electrons. The first-order valence-electron chi connectivity index (χ1n) is 6.35. The minimum atomic E-state index is -4.80. The van der Waals surface area contributed by atoms with Crippen molar-refractivity contribution >= 4 is 17.4 Å². The van der Waals surface area contributed by atoms with E-state index in [2.05, 4.69) is 4.74 Å². The Morgan fingerprint density at radius 1 is 1.19 bits per heavy atom. The van der Waals surface area contributed by atoms with E-state index in [1.807, 2.05) is 0 Å². The maximum Gasteiger partial charge on any atom is 0.522 e. The number of carbonyl (C=O) groups excluding carboxylic acids is 2. The number of aryl methyl sites for hydroxylation is 1. The van der Waals surface area contributed by atoms with E-state index in [1.165, 1.54) is 13.8 Å². The Labute approximate surface area is 119 Å². The molecule has 0 aliphatic carbocycles. The third kappa shape index (κ3) is 2.92. The predicted molar refractivity (Wildman–Crippen MR) is 69.1 cm³/mol. The van der Waals surface area contributed by atoms with Gasteiger partial charge in [-0.25, -0.2) is 0 Å². The molecule has 2 rings (SSSR count). The fraction of sp³-hybridized carbons (Fsp3) is 0.429. The van der Waals surface area contributed by atoms with Gasteiger partial charge in [0.25, 0.3) is 11.7 Å². The summed E-state index contributed by atoms with van der Waals surface area (Å²) in [5, 5.41) is 0. The van der Waals surface area contributed by atoms with Gasteiger partial charge in [0.1, 0.15) is 0 Å². The van der Waals surface area contributed by atoms with Crippen molar-refractivity contribution in [1.29, 1.82) is 0 Å². The molecule has 0 saturated carbocycles. The summed E-state index contributed by atoms with van der Waals surface area (Å²) in [5.74, 6) is -1.54. The van der Waals surface area contributed by atoms with Crippen molar-refractivity contribution in [2.75, 3.05) is 4.90 Å². The highest BCUT2D eigenvalue weighted by Crippen LogP contribution is 2.33. The molecule has 0 saturated heterocycles. The Bertz CT molecular complexity index is 598. The number of carbonyl (C=O) groups is 2. The van der Waals surface area contributed by atoms with Crippen LogP contribution in [0, 0.1) is 6.92 Å². The van der Waals surface area contributed by atoms with Gasteiger partial charge in [0.05, 0.1) is 23.4 Å². The molecule has 2 atom stereocenters. The van der Waals surface area contributed by atoms with Crippen molar-refractivity contribution in [3.63, 3.8) is 0 Å². The highest BCUT2D eigenvalue weighted by atomic mass is 19.4. The number of ketones is 1. The van der Waals surface area contributed by atoms with Gasteiger partial charge < -0.3 is 0 Å². The zero-order valence-corrected chi connectivity index (χ0v) is 11.7. The Hall–Kier alpha value is -1.89. The minimum Gasteiger partial charge on any atom is -0.299 e. The van der Waals surface area contributed by atoms with Crippen LogP contribution in [-0.4, -0.2) is 30.2 Å². The van der Waals surface area contributed by atoms with Gasteiger partial charge in [-0.2, -0.15) is 0 Å². The van der Waals surface area contributed by atoms with Crippen molar-refractivity contribution in [1.82, 2.24) is 0 Å². The molecule has 0 spiro atoms. The Kier molecular flexibility index (Phi) is 3.79. The molecule has 0 fully saturated rings. The second-order valence-corrected chi connectivity index (χ2v) is 5.03. The lowest BCUT2D eigenvalue weighted by Gasteiger charge is -2.30. The van der Waals surface area contributed by atoms with Crippen LogP contribution in [0.1, 0.15) is 29.8 Å². The molecule has 1 unspecified atom stereocenters. The van der Waals surface area contributed by atoms with E-state index in [1.54, 1.807) is 25.1 Å². The molecule has 1 aromatic carbocycles. The SMILES string of the molecule is Cc1ccc2c(c1)C(=O)C(=O)N2C(C)[C@H](C)OC(F)(F)F. The molecule has 0 aromatic heterocycles. The van der Waals surface area contributed by atoms with E-state index in [9.17, 15) is 22.8 Å². The normalized spacial score (nSPS) is 17.9. The topological polar surface area (TPSA) is 46.6 Å². The molecule has 21 heavy (non-hydrogen) atoms. The Morgan fingerprint density at radius 2 is 1.81 bits per heavy atom. The molecule has 1 heterocycles. The van der Waals surface area contributed by atoms with Gasteiger partial charge in [-0.15, -0.1) is 13.2 Å². The van der Waals surface area contributed by atoms with Gasteiger partial charge in [-0.3, -0.25) is 19.2 Å². The number of alkyl halides is 3. The van der Waals surface area contributed by atoms with Crippen molar-refractivity contribution < 1.29 is 27.5 Å². The summed E-state index contributed by atoms with van der Waals surface area (Å²) in [7, 11) is 0. The van der Waals surface area contributed by atoms with Crippen molar-refractivity contribution in [2.45, 2.75) is 39.3 Å². The van der Waals surface area contributed by atoms with Gasteiger partial charge in [0.15, 0.2) is 0 Å². The first kappa shape index (κ1) is 15.5. The van der Waals surface area contributed by atoms with Crippen LogP contribution in [0.3, 0.4) is 0 Å². The van der Waals surface area contributed by atoms with Gasteiger partial charge >= 0.3 is 6.36 Å². The van der Waals surface area contributed by atoms with E-state index < -0.39 is 30.2 Å². The summed E-state index contributed by atoms with van der Waals surface area (Å²) in [4.78, 5) is 25.0. The monoisotopic (exact) mass is 301 g/mol. The lowest BCUT2D eigenvalue weighted by molar-refractivity contribution is -0.341. The smallest absolute Gasteiger partial charge is 0.299 e. The molecule has 1 aliphatic rings. The standard InChI is InChI=1S/C14H14F3NO3/c1-7-4-5-11-10(6-7)12(19)13(20)18(11)8(2)9(3)21-14(15,16)17/h4-6,8-9H,1-3H3/t8?,9-/m0/s1. The van der Waals surface area contributed by atoms with Gasteiger partial charge in [0, 0.05) is 0 Å². The number of halogens is 3. The number of hydrogen-bond acceptors (Lipinski definition) is 3. The van der Waals surface area contributed by atoms with Crippen molar-refractivity contribution in [3.8, 4) is 0 Å². The maximum atomic E-state index is 12.3. The molecule has 1 aliphatic heterocycles. The molecule has 0 N–H and O–H groups in total. The Morgan fingerprint density at radius 3 is 2.38 bits per heavy atom. The molecule has 1 amide bonds. The summed E-state index contributed by atoms with van der Waals surface area (Å²) >= 11 is 0. The van der Waals surface area contributed by atoms with Crippen LogP contribution in [0.5, 0.6) is 0 Å². The van der Waals surface area contributed by atoms with E-state index >= 15 is 0 Å². The number of nitrogens with zero attached hydrogens (tertiary/aromatic N) is 1. The van der Waals surface area contributed by atoms with Crippen molar-refractivity contribution in [3.05, 3.63) is 29.3 Å². The average Bonchev–Trinajstić information content (AvgIpc) is 2.59. The number of amides is 1. The zero-order valence-electron chi connectivity index (χ0n) is 11.7. The highest BCUT2D eigenvalue weighted by molar-refractivity contribution is 6.52. The van der Waals surface area contributed by atoms with Gasteiger partial charge in [0.2, 0.25) is 0 Å². The highest BCUT2D eigenvalue weighted by Gasteiger charge is 2.42. The molecule has 4 nitrogen and oxygen atoms in total. The predicted octanol–water partition coefficient (Wildman–Crippen LogP) is 2.84. The van der Waals surface area contributed by atoms with Gasteiger partial charge in [-0.1, -0.05) is 11.6 Å². The fourth-order valence-corrected chi connectivity index (χ4v) is 2.30. The van der Waals surface area contributed by atoms with E-state index in [-0.39, 0.29) is 5.56 Å². The number of fused-ring (bicyclic) bond motifs is 1. The lowest BCUT2D eigenvalue weighted by Crippen LogP contribution is -2.46. The fourth-order valence-electron chi connectivity index (χ4n) is 2.30. The number of hydrogen-bond donors (Lipinski definition) is 0. The maximum absolute atomic E-state index is 12.3. The van der Waals surface area contributed by atoms with E-state index in [0.717, 1.165) is 10.5 Å². The zero-order chi connectivity index (χ0) is 15.9. The third-order valence-corrected chi connectivity index (χ3v) is 3.48. The summed E-state index contributed by atoms with van der Waals surface area (Å²) in [6.45, 7) is 4.39. The molecule has 7 heteroatoms. The van der Waals surface area contributed by atoms with Crippen LogP contribution in [0.25, 0.3) is 0 Å². The van der Waals surface area contributed by atoms with E-state index in [0.29, 0.717) is 5.69 Å². The molecular formula is C14H14F3NO3. The van der Waals surface area contributed by atoms with Crippen LogP contribution in [0.15, 0.2) is 18.2 Å². The molecule has 0 bridgehead atoms. The van der Waals surface area contributed by atoms with Crippen LogP contribution < -0.4 is 4.90 Å². The number of Topliss-reactive ketones (excluding diaryl/α,β-unsaturated/α-hetero) is 1. The summed E-state index contributed by atoms with van der Waals surface area (Å²) < 4.78 is 40.8. The Balaban J connectivity index is 2.33. The average molecular weight is 301 g/mol. The largest absolute Gasteiger partial charge is 0.522 e. The first-order chi connectivity index (χ1) is 9.61. The third-order valence-electron chi connectivity index (χ3n) is 3.48. The molecular weight excluding hydrogens is 287 g/mol. The second-order valence-electron chi connectivity index (χ2n) is 5.03.